The first-order valence-electron chi connectivity index (χ1n) is 10.1. The number of likely N-dealkylation sites (N-methyl/N-ethyl adjacent to an activating group) is 1. The number of urea groups is 1. The van der Waals surface area contributed by atoms with Crippen LogP contribution in [0.25, 0.3) is 5.57 Å². The van der Waals surface area contributed by atoms with Gasteiger partial charge in [0, 0.05) is 49.2 Å². The summed E-state index contributed by atoms with van der Waals surface area (Å²) < 4.78 is 5.24. The topological polar surface area (TPSA) is 120 Å². The summed E-state index contributed by atoms with van der Waals surface area (Å²) in [5, 5.41) is 11.9. The van der Waals surface area contributed by atoms with E-state index >= 15 is 0 Å². The van der Waals surface area contributed by atoms with Crippen LogP contribution in [-0.2, 0) is 11.3 Å². The number of fused-ring (bicyclic) bond motifs is 1. The number of amides is 4. The molecule has 1 unspecified atom stereocenters. The van der Waals surface area contributed by atoms with E-state index in [0.29, 0.717) is 30.0 Å². The molecule has 0 saturated carbocycles. The smallest absolute Gasteiger partial charge is 0.322 e. The Morgan fingerprint density at radius 2 is 2.06 bits per heavy atom. The number of aromatic nitrogens is 2. The maximum atomic E-state index is 13.2. The minimum atomic E-state index is -1.38. The van der Waals surface area contributed by atoms with Crippen molar-refractivity contribution in [2.24, 2.45) is 0 Å². The quantitative estimate of drug-likeness (QED) is 0.601. The van der Waals surface area contributed by atoms with Crippen molar-refractivity contribution < 1.29 is 19.1 Å². The second kappa shape index (κ2) is 7.26. The number of allylic oxidation sites excluding steroid dienone is 2. The van der Waals surface area contributed by atoms with Crippen molar-refractivity contribution in [3.63, 3.8) is 0 Å². The van der Waals surface area contributed by atoms with Crippen molar-refractivity contribution in [2.45, 2.75) is 12.1 Å². The maximum absolute atomic E-state index is 13.2. The highest BCUT2D eigenvalue weighted by Crippen LogP contribution is 2.34. The van der Waals surface area contributed by atoms with Crippen LogP contribution >= 0.6 is 0 Å². The molecule has 0 aliphatic carbocycles. The molecule has 2 aromatic rings. The van der Waals surface area contributed by atoms with Gasteiger partial charge in [0.1, 0.15) is 5.75 Å². The summed E-state index contributed by atoms with van der Waals surface area (Å²) in [5.41, 5.74) is 2.39. The Morgan fingerprint density at radius 1 is 1.22 bits per heavy atom. The number of methoxy groups -OCH3 is 1. The second-order valence-corrected chi connectivity index (χ2v) is 8.15. The third-order valence-corrected chi connectivity index (χ3v) is 6.05. The Kier molecular flexibility index (Phi) is 4.50. The molecular weight excluding hydrogens is 412 g/mol. The molecule has 10 nitrogen and oxygen atoms in total. The molecule has 0 radical (unpaired) electrons. The third kappa shape index (κ3) is 3.11. The number of nitrogens with one attached hydrogen (secondary N) is 3. The van der Waals surface area contributed by atoms with E-state index < -0.39 is 17.5 Å². The summed E-state index contributed by atoms with van der Waals surface area (Å²) in [6.07, 6.45) is 7.27. The zero-order valence-electron chi connectivity index (χ0n) is 17.6. The highest BCUT2D eigenvalue weighted by molar-refractivity contribution is 6.10. The van der Waals surface area contributed by atoms with Crippen LogP contribution in [0.2, 0.25) is 0 Å². The molecule has 3 N–H and O–H groups in total. The molecule has 1 fully saturated rings. The van der Waals surface area contributed by atoms with E-state index in [1.165, 1.54) is 0 Å². The summed E-state index contributed by atoms with van der Waals surface area (Å²) in [6.45, 7) is 0.771. The molecule has 1 aromatic heterocycles. The van der Waals surface area contributed by atoms with E-state index in [1.54, 1.807) is 36.5 Å². The fraction of sp³-hybridized carbons (Fsp3) is 0.273. The molecule has 4 amide bonds. The van der Waals surface area contributed by atoms with Gasteiger partial charge in [-0.25, -0.2) is 4.79 Å². The van der Waals surface area contributed by atoms with Crippen molar-refractivity contribution in [1.82, 2.24) is 30.6 Å². The van der Waals surface area contributed by atoms with Gasteiger partial charge in [0.05, 0.1) is 19.9 Å². The number of ether oxygens (including phenoxy) is 1. The SMILES string of the molecule is COc1ccc2c(c1)C(=O)N(CC1(C3=CC(c4cn[nH]c4)=CN(C)C3)NC(=O)NC1=O)C2. The lowest BCUT2D eigenvalue weighted by molar-refractivity contribution is -0.123. The largest absolute Gasteiger partial charge is 0.497 e. The standard InChI is InChI=1S/C22H22N6O4/c1-27-9-14(15-7-23-24-8-15)5-16(11-27)22(20(30)25-21(31)26-22)12-28-10-13-3-4-17(32-2)6-18(13)19(28)29/h3-9H,10-12H2,1-2H3,(H,23,24)(H2,25,26,30,31). The Morgan fingerprint density at radius 3 is 2.75 bits per heavy atom. The maximum Gasteiger partial charge on any atom is 0.322 e. The van der Waals surface area contributed by atoms with Crippen LogP contribution in [0.5, 0.6) is 5.75 Å². The van der Waals surface area contributed by atoms with Crippen molar-refractivity contribution in [3.8, 4) is 5.75 Å². The first-order chi connectivity index (χ1) is 15.4. The molecule has 10 heteroatoms. The van der Waals surface area contributed by atoms with Gasteiger partial charge in [-0.05, 0) is 29.3 Å². The van der Waals surface area contributed by atoms with Crippen molar-refractivity contribution >= 4 is 23.4 Å². The molecule has 5 rings (SSSR count). The van der Waals surface area contributed by atoms with E-state index in [9.17, 15) is 14.4 Å². The summed E-state index contributed by atoms with van der Waals surface area (Å²) in [5.74, 6) is -0.0911. The van der Waals surface area contributed by atoms with E-state index in [0.717, 1.165) is 16.7 Å². The molecular formula is C22H22N6O4. The van der Waals surface area contributed by atoms with Crippen LogP contribution in [0.4, 0.5) is 4.79 Å². The monoisotopic (exact) mass is 434 g/mol. The van der Waals surface area contributed by atoms with E-state index in [-0.39, 0.29) is 12.5 Å². The van der Waals surface area contributed by atoms with Gasteiger partial charge in [0.15, 0.2) is 5.54 Å². The van der Waals surface area contributed by atoms with Crippen LogP contribution in [0.15, 0.2) is 48.4 Å². The highest BCUT2D eigenvalue weighted by atomic mass is 16.5. The van der Waals surface area contributed by atoms with Gasteiger partial charge < -0.3 is 19.9 Å². The number of rotatable bonds is 5. The van der Waals surface area contributed by atoms with Gasteiger partial charge in [-0.2, -0.15) is 5.10 Å². The van der Waals surface area contributed by atoms with E-state index in [1.807, 2.05) is 30.3 Å². The minimum Gasteiger partial charge on any atom is -0.497 e. The lowest BCUT2D eigenvalue weighted by Crippen LogP contribution is -2.58. The fourth-order valence-corrected chi connectivity index (χ4v) is 4.46. The van der Waals surface area contributed by atoms with Crippen molar-refractivity contribution in [3.05, 3.63) is 65.1 Å². The normalized spacial score (nSPS) is 22.4. The lowest BCUT2D eigenvalue weighted by Gasteiger charge is -2.36. The van der Waals surface area contributed by atoms with Gasteiger partial charge >= 0.3 is 6.03 Å². The van der Waals surface area contributed by atoms with Crippen LogP contribution in [-0.4, -0.2) is 70.6 Å². The number of carbonyl (C=O) groups excluding carboxylic acids is 3. The van der Waals surface area contributed by atoms with Crippen LogP contribution in [0.3, 0.4) is 0 Å². The fourth-order valence-electron chi connectivity index (χ4n) is 4.46. The van der Waals surface area contributed by atoms with Crippen LogP contribution < -0.4 is 15.4 Å². The molecule has 0 spiro atoms. The number of hydrogen-bond donors (Lipinski definition) is 3. The number of aromatic amines is 1. The Labute approximate surface area is 183 Å². The molecule has 164 valence electrons. The lowest BCUT2D eigenvalue weighted by atomic mass is 9.85. The molecule has 3 aliphatic heterocycles. The molecule has 32 heavy (non-hydrogen) atoms. The Bertz CT molecular complexity index is 1190. The first-order valence-corrected chi connectivity index (χ1v) is 10.1. The molecule has 4 heterocycles. The minimum absolute atomic E-state index is 0.0126. The van der Waals surface area contributed by atoms with Crippen LogP contribution in [0.1, 0.15) is 21.5 Å². The second-order valence-electron chi connectivity index (χ2n) is 8.15. The molecule has 1 saturated heterocycles. The number of nitrogens with zero attached hydrogens (tertiary/aromatic N) is 3. The van der Waals surface area contributed by atoms with Crippen LogP contribution in [0, 0.1) is 0 Å². The summed E-state index contributed by atoms with van der Waals surface area (Å²) in [6, 6.07) is 4.77. The Balaban J connectivity index is 1.52. The van der Waals surface area contributed by atoms with Crippen molar-refractivity contribution in [1.29, 1.82) is 0 Å². The molecule has 3 aliphatic rings. The predicted octanol–water partition coefficient (Wildman–Crippen LogP) is 0.865. The van der Waals surface area contributed by atoms with Gasteiger partial charge in [-0.1, -0.05) is 6.07 Å². The molecule has 0 bridgehead atoms. The number of hydrogen-bond acceptors (Lipinski definition) is 6. The predicted molar refractivity (Wildman–Crippen MR) is 114 cm³/mol. The Hall–Kier alpha value is -4.08. The molecule has 1 atom stereocenters. The molecule has 1 aromatic carbocycles. The number of H-pyrrole nitrogens is 1. The van der Waals surface area contributed by atoms with Gasteiger partial charge in [0.2, 0.25) is 0 Å². The highest BCUT2D eigenvalue weighted by Gasteiger charge is 2.52. The summed E-state index contributed by atoms with van der Waals surface area (Å²) >= 11 is 0. The van der Waals surface area contributed by atoms with Gasteiger partial charge in [-0.15, -0.1) is 0 Å². The number of carbonyl (C=O) groups is 3. The average molecular weight is 434 g/mol. The number of benzene rings is 1. The number of imide groups is 1. The first kappa shape index (κ1) is 19.9. The van der Waals surface area contributed by atoms with E-state index in [2.05, 4.69) is 20.8 Å². The summed E-state index contributed by atoms with van der Waals surface area (Å²) in [4.78, 5) is 42.0. The third-order valence-electron chi connectivity index (χ3n) is 6.05. The average Bonchev–Trinajstić information content (AvgIpc) is 3.48. The summed E-state index contributed by atoms with van der Waals surface area (Å²) in [7, 11) is 3.43. The van der Waals surface area contributed by atoms with Gasteiger partial charge in [0.25, 0.3) is 11.8 Å². The zero-order chi connectivity index (χ0) is 22.5. The van der Waals surface area contributed by atoms with E-state index in [4.69, 9.17) is 4.74 Å². The zero-order valence-corrected chi connectivity index (χ0v) is 17.6. The van der Waals surface area contributed by atoms with Crippen molar-refractivity contribution in [2.75, 3.05) is 27.2 Å². The van der Waals surface area contributed by atoms with Gasteiger partial charge in [-0.3, -0.25) is 20.0 Å².